The van der Waals surface area contributed by atoms with E-state index in [0.717, 1.165) is 5.56 Å². The lowest BCUT2D eigenvalue weighted by atomic mass is 10.2. The topological polar surface area (TPSA) is 58.4 Å². The Bertz CT molecular complexity index is 1130. The lowest BCUT2D eigenvalue weighted by molar-refractivity contribution is 0.0722. The molecule has 162 valence electrons. The average molecular weight is 443 g/mol. The molecule has 8 heteroatoms. The Morgan fingerprint density at radius 1 is 1.10 bits per heavy atom. The van der Waals surface area contributed by atoms with Crippen LogP contribution in [0.4, 0.5) is 4.39 Å². The van der Waals surface area contributed by atoms with E-state index in [9.17, 15) is 14.0 Å². The molecule has 3 rings (SSSR count). The van der Waals surface area contributed by atoms with Crippen molar-refractivity contribution >= 4 is 17.5 Å². The molecule has 0 aliphatic heterocycles. The monoisotopic (exact) mass is 442 g/mol. The molecule has 0 unspecified atom stereocenters. The minimum absolute atomic E-state index is 0.173. The Hall–Kier alpha value is -3.03. The number of halogens is 2. The third kappa shape index (κ3) is 5.57. The second-order valence-electron chi connectivity index (χ2n) is 7.52. The molecule has 0 spiro atoms. The first kappa shape index (κ1) is 22.7. The van der Waals surface area contributed by atoms with Crippen molar-refractivity contribution in [3.05, 3.63) is 92.6 Å². The van der Waals surface area contributed by atoms with Gasteiger partial charge in [-0.05, 0) is 50.8 Å². The van der Waals surface area contributed by atoms with E-state index in [1.54, 1.807) is 42.2 Å². The molecule has 31 heavy (non-hydrogen) atoms. The quantitative estimate of drug-likeness (QED) is 0.561. The fourth-order valence-corrected chi connectivity index (χ4v) is 3.22. The van der Waals surface area contributed by atoms with Gasteiger partial charge < -0.3 is 9.80 Å². The van der Waals surface area contributed by atoms with Crippen LogP contribution in [0.5, 0.6) is 0 Å². The third-order valence-electron chi connectivity index (χ3n) is 4.78. The fourth-order valence-electron chi connectivity index (χ4n) is 3.10. The number of benzene rings is 2. The molecule has 0 N–H and O–H groups in total. The molecule has 0 aliphatic carbocycles. The van der Waals surface area contributed by atoms with Gasteiger partial charge in [0.05, 0.1) is 0 Å². The summed E-state index contributed by atoms with van der Waals surface area (Å²) in [4.78, 5) is 29.5. The van der Waals surface area contributed by atoms with Crippen LogP contribution in [-0.4, -0.2) is 52.7 Å². The number of hydrogen-bond donors (Lipinski definition) is 0. The molecular formula is C23H24ClFN4O2. The summed E-state index contributed by atoms with van der Waals surface area (Å²) in [6.45, 7) is 2.93. The zero-order valence-corrected chi connectivity index (χ0v) is 18.4. The molecule has 0 saturated heterocycles. The van der Waals surface area contributed by atoms with Gasteiger partial charge in [0.15, 0.2) is 5.69 Å². The largest absolute Gasteiger partial charge is 0.332 e. The first-order valence-electron chi connectivity index (χ1n) is 9.80. The average Bonchev–Trinajstić information content (AvgIpc) is 2.73. The number of para-hydroxylation sites is 1. The Kier molecular flexibility index (Phi) is 7.20. The molecular weight excluding hydrogens is 419 g/mol. The number of nitrogens with zero attached hydrogens (tertiary/aromatic N) is 4. The molecule has 1 heterocycles. The number of aromatic nitrogens is 2. The van der Waals surface area contributed by atoms with Crippen molar-refractivity contribution in [3.63, 3.8) is 0 Å². The molecule has 6 nitrogen and oxygen atoms in total. The maximum Gasteiger partial charge on any atom is 0.278 e. The van der Waals surface area contributed by atoms with Crippen LogP contribution in [0.15, 0.2) is 59.4 Å². The normalized spacial score (nSPS) is 11.0. The standard InChI is InChI=1S/C23H24ClFN4O2/c1-16-14-21(30)22(26-29(16)20-7-5-4-6-19(20)25)23(31)28(13-12-27(2)3)15-17-8-10-18(24)11-9-17/h4-11,14H,12-13,15H2,1-3H3. The zero-order chi connectivity index (χ0) is 22.5. The number of rotatable bonds is 7. The van der Waals surface area contributed by atoms with Crippen molar-refractivity contribution in [1.29, 1.82) is 0 Å². The number of carbonyl (C=O) groups is 1. The number of aryl methyl sites for hydroxylation is 1. The van der Waals surface area contributed by atoms with E-state index >= 15 is 0 Å². The van der Waals surface area contributed by atoms with E-state index < -0.39 is 17.2 Å². The van der Waals surface area contributed by atoms with Crippen molar-refractivity contribution < 1.29 is 9.18 Å². The van der Waals surface area contributed by atoms with Crippen LogP contribution in [0.3, 0.4) is 0 Å². The summed E-state index contributed by atoms with van der Waals surface area (Å²) in [5.41, 5.74) is 0.733. The Morgan fingerprint density at radius 3 is 2.42 bits per heavy atom. The number of carbonyl (C=O) groups excluding carboxylic acids is 1. The van der Waals surface area contributed by atoms with Crippen LogP contribution in [0.1, 0.15) is 21.7 Å². The molecule has 0 radical (unpaired) electrons. The highest BCUT2D eigenvalue weighted by molar-refractivity contribution is 6.30. The highest BCUT2D eigenvalue weighted by atomic mass is 35.5. The molecule has 0 fully saturated rings. The highest BCUT2D eigenvalue weighted by Crippen LogP contribution is 2.15. The summed E-state index contributed by atoms with van der Waals surface area (Å²) >= 11 is 5.96. The molecule has 3 aromatic rings. The zero-order valence-electron chi connectivity index (χ0n) is 17.7. The van der Waals surface area contributed by atoms with Gasteiger partial charge in [-0.3, -0.25) is 9.59 Å². The van der Waals surface area contributed by atoms with E-state index in [1.807, 2.05) is 31.1 Å². The fraction of sp³-hybridized carbons (Fsp3) is 0.261. The number of likely N-dealkylation sites (N-methyl/N-ethyl adjacent to an activating group) is 1. The molecule has 1 aromatic heterocycles. The van der Waals surface area contributed by atoms with Gasteiger partial charge in [-0.15, -0.1) is 0 Å². The molecule has 0 aliphatic rings. The third-order valence-corrected chi connectivity index (χ3v) is 5.03. The molecule has 0 saturated carbocycles. The van der Waals surface area contributed by atoms with Gasteiger partial charge in [-0.2, -0.15) is 5.10 Å². The predicted octanol–water partition coefficient (Wildman–Crippen LogP) is 3.54. The van der Waals surface area contributed by atoms with Crippen LogP contribution in [0.25, 0.3) is 5.69 Å². The SMILES string of the molecule is Cc1cc(=O)c(C(=O)N(CCN(C)C)Cc2ccc(Cl)cc2)nn1-c1ccccc1F. The van der Waals surface area contributed by atoms with E-state index in [4.69, 9.17) is 11.6 Å². The Labute approximate surface area is 185 Å². The van der Waals surface area contributed by atoms with Gasteiger partial charge in [0.1, 0.15) is 11.5 Å². The first-order valence-corrected chi connectivity index (χ1v) is 10.2. The molecule has 1 amide bonds. The van der Waals surface area contributed by atoms with E-state index in [0.29, 0.717) is 30.4 Å². The van der Waals surface area contributed by atoms with Gasteiger partial charge in [-0.25, -0.2) is 9.07 Å². The van der Waals surface area contributed by atoms with E-state index in [1.165, 1.54) is 16.8 Å². The maximum absolute atomic E-state index is 14.3. The number of hydrogen-bond acceptors (Lipinski definition) is 4. The van der Waals surface area contributed by atoms with Crippen molar-refractivity contribution in [1.82, 2.24) is 19.6 Å². The second kappa shape index (κ2) is 9.85. The minimum atomic E-state index is -0.508. The van der Waals surface area contributed by atoms with Gasteiger partial charge in [0, 0.05) is 36.4 Å². The molecule has 0 atom stereocenters. The Balaban J connectivity index is 1.99. The van der Waals surface area contributed by atoms with Crippen molar-refractivity contribution in [3.8, 4) is 5.69 Å². The van der Waals surface area contributed by atoms with Crippen molar-refractivity contribution in [2.24, 2.45) is 0 Å². The van der Waals surface area contributed by atoms with Gasteiger partial charge in [0.2, 0.25) is 5.43 Å². The van der Waals surface area contributed by atoms with Crippen LogP contribution in [0, 0.1) is 12.7 Å². The molecule has 0 bridgehead atoms. The van der Waals surface area contributed by atoms with Crippen LogP contribution >= 0.6 is 11.6 Å². The smallest absolute Gasteiger partial charge is 0.278 e. The summed E-state index contributed by atoms with van der Waals surface area (Å²) in [6.07, 6.45) is 0. The van der Waals surface area contributed by atoms with Crippen molar-refractivity contribution in [2.75, 3.05) is 27.2 Å². The lowest BCUT2D eigenvalue weighted by Crippen LogP contribution is -2.39. The number of amides is 1. The van der Waals surface area contributed by atoms with E-state index in [2.05, 4.69) is 5.10 Å². The summed E-state index contributed by atoms with van der Waals surface area (Å²) in [7, 11) is 3.81. The highest BCUT2D eigenvalue weighted by Gasteiger charge is 2.23. The van der Waals surface area contributed by atoms with Crippen LogP contribution in [-0.2, 0) is 6.54 Å². The predicted molar refractivity (Wildman–Crippen MR) is 119 cm³/mol. The maximum atomic E-state index is 14.3. The van der Waals surface area contributed by atoms with Crippen molar-refractivity contribution in [2.45, 2.75) is 13.5 Å². The van der Waals surface area contributed by atoms with Gasteiger partial charge in [-0.1, -0.05) is 35.9 Å². The van der Waals surface area contributed by atoms with Crippen LogP contribution in [0.2, 0.25) is 5.02 Å². The first-order chi connectivity index (χ1) is 14.8. The van der Waals surface area contributed by atoms with E-state index in [-0.39, 0.29) is 11.4 Å². The lowest BCUT2D eigenvalue weighted by Gasteiger charge is -2.24. The van der Waals surface area contributed by atoms with Gasteiger partial charge >= 0.3 is 0 Å². The van der Waals surface area contributed by atoms with Gasteiger partial charge in [0.25, 0.3) is 5.91 Å². The summed E-state index contributed by atoms with van der Waals surface area (Å²) in [5.74, 6) is -1.00. The second-order valence-corrected chi connectivity index (χ2v) is 7.95. The molecule has 2 aromatic carbocycles. The minimum Gasteiger partial charge on any atom is -0.332 e. The summed E-state index contributed by atoms with van der Waals surface area (Å²) in [5, 5.41) is 4.84. The summed E-state index contributed by atoms with van der Waals surface area (Å²) in [6, 6.07) is 14.6. The van der Waals surface area contributed by atoms with Crippen LogP contribution < -0.4 is 5.43 Å². The summed E-state index contributed by atoms with van der Waals surface area (Å²) < 4.78 is 15.6. The Morgan fingerprint density at radius 2 is 1.77 bits per heavy atom.